The van der Waals surface area contributed by atoms with Crippen molar-refractivity contribution in [1.82, 2.24) is 4.90 Å². The van der Waals surface area contributed by atoms with Crippen LogP contribution in [0.15, 0.2) is 75.0 Å². The molecule has 4 nitrogen and oxygen atoms in total. The summed E-state index contributed by atoms with van der Waals surface area (Å²) < 4.78 is 0. The van der Waals surface area contributed by atoms with E-state index < -0.39 is 5.92 Å². The van der Waals surface area contributed by atoms with Crippen LogP contribution in [0.3, 0.4) is 0 Å². The Kier molecular flexibility index (Phi) is 4.70. The third-order valence-corrected chi connectivity index (χ3v) is 6.05. The highest BCUT2D eigenvalue weighted by Crippen LogP contribution is 2.42. The van der Waals surface area contributed by atoms with Crippen LogP contribution in [-0.4, -0.2) is 22.4 Å². The van der Waals surface area contributed by atoms with Gasteiger partial charge in [-0.1, -0.05) is 54.2 Å². The van der Waals surface area contributed by atoms with Crippen LogP contribution in [0.25, 0.3) is 0 Å². The van der Waals surface area contributed by atoms with Crippen LogP contribution in [0.1, 0.15) is 25.8 Å². The number of nitrogens with zero attached hydrogens (tertiary/aromatic N) is 2. The van der Waals surface area contributed by atoms with E-state index in [4.69, 9.17) is 4.99 Å². The Labute approximate surface area is 163 Å². The highest BCUT2D eigenvalue weighted by molar-refractivity contribution is 8.03. The molecule has 4 rings (SSSR count). The maximum atomic E-state index is 13.1. The zero-order chi connectivity index (χ0) is 19.0. The second-order valence-corrected chi connectivity index (χ2v) is 8.05. The maximum absolute atomic E-state index is 13.1. The monoisotopic (exact) mass is 376 g/mol. The summed E-state index contributed by atoms with van der Waals surface area (Å²) in [6.45, 7) is 4.27. The Bertz CT molecular complexity index is 979. The van der Waals surface area contributed by atoms with Crippen LogP contribution in [0.5, 0.6) is 0 Å². The third-order valence-electron chi connectivity index (χ3n) is 4.96. The second kappa shape index (κ2) is 7.16. The number of aliphatic imine (C=N–C) groups is 1. The first-order valence-corrected chi connectivity index (χ1v) is 9.77. The van der Waals surface area contributed by atoms with E-state index in [-0.39, 0.29) is 18.2 Å². The minimum atomic E-state index is -0.452. The number of carbonyl (C=O) groups excluding carboxylic acids is 2. The number of rotatable bonds is 3. The number of carbonyl (C=O) groups is 2. The SMILES string of the molecule is CC1=Nc2ccccc2SC(C)=C1C1CC(=O)N(Cc2ccccc2)C1=O. The summed E-state index contributed by atoms with van der Waals surface area (Å²) in [4.78, 5) is 33.9. The van der Waals surface area contributed by atoms with Gasteiger partial charge in [-0.15, -0.1) is 0 Å². The van der Waals surface area contributed by atoms with E-state index in [9.17, 15) is 9.59 Å². The fraction of sp³-hybridized carbons (Fsp3) is 0.227. The van der Waals surface area contributed by atoms with Gasteiger partial charge in [0, 0.05) is 17.0 Å². The lowest BCUT2D eigenvalue weighted by atomic mass is 9.93. The van der Waals surface area contributed by atoms with Crippen molar-refractivity contribution < 1.29 is 9.59 Å². The van der Waals surface area contributed by atoms with Gasteiger partial charge in [0.05, 0.1) is 18.2 Å². The number of allylic oxidation sites excluding steroid dienone is 1. The first-order chi connectivity index (χ1) is 13.0. The summed E-state index contributed by atoms with van der Waals surface area (Å²) >= 11 is 1.62. The highest BCUT2D eigenvalue weighted by atomic mass is 32.2. The molecule has 136 valence electrons. The van der Waals surface area contributed by atoms with E-state index in [1.165, 1.54) is 4.90 Å². The van der Waals surface area contributed by atoms with Crippen LogP contribution >= 0.6 is 11.8 Å². The van der Waals surface area contributed by atoms with E-state index in [0.29, 0.717) is 6.54 Å². The number of fused-ring (bicyclic) bond motifs is 1. The zero-order valence-corrected chi connectivity index (χ0v) is 16.1. The first kappa shape index (κ1) is 17.7. The molecule has 2 heterocycles. The average Bonchev–Trinajstić information content (AvgIpc) is 2.84. The molecular formula is C22H20N2O2S. The number of hydrogen-bond acceptors (Lipinski definition) is 4. The summed E-state index contributed by atoms with van der Waals surface area (Å²) in [5.41, 5.74) is 3.58. The molecule has 0 aliphatic carbocycles. The lowest BCUT2D eigenvalue weighted by Gasteiger charge is -2.17. The van der Waals surface area contributed by atoms with E-state index in [1.807, 2.05) is 68.4 Å². The molecule has 0 bridgehead atoms. The fourth-order valence-electron chi connectivity index (χ4n) is 3.69. The average molecular weight is 376 g/mol. The van der Waals surface area contributed by atoms with Crippen molar-refractivity contribution >= 4 is 35.0 Å². The molecule has 5 heteroatoms. The van der Waals surface area contributed by atoms with Crippen molar-refractivity contribution in [2.24, 2.45) is 10.9 Å². The van der Waals surface area contributed by atoms with Crippen molar-refractivity contribution in [1.29, 1.82) is 0 Å². The van der Waals surface area contributed by atoms with Crippen LogP contribution in [0.4, 0.5) is 5.69 Å². The van der Waals surface area contributed by atoms with Crippen LogP contribution in [0, 0.1) is 5.92 Å². The molecule has 2 amide bonds. The molecule has 0 aromatic heterocycles. The molecule has 1 saturated heterocycles. The minimum Gasteiger partial charge on any atom is -0.278 e. The van der Waals surface area contributed by atoms with Gasteiger partial charge in [-0.05, 0) is 42.0 Å². The molecule has 2 aliphatic heterocycles. The van der Waals surface area contributed by atoms with Crippen LogP contribution in [-0.2, 0) is 16.1 Å². The van der Waals surface area contributed by atoms with Crippen LogP contribution < -0.4 is 0 Å². The molecule has 2 aromatic rings. The van der Waals surface area contributed by atoms with Gasteiger partial charge >= 0.3 is 0 Å². The van der Waals surface area contributed by atoms with Gasteiger partial charge in [-0.2, -0.15) is 0 Å². The molecular weight excluding hydrogens is 356 g/mol. The number of likely N-dealkylation sites (tertiary alicyclic amines) is 1. The van der Waals surface area contributed by atoms with Gasteiger partial charge in [-0.25, -0.2) is 0 Å². The van der Waals surface area contributed by atoms with Gasteiger partial charge in [0.15, 0.2) is 0 Å². The van der Waals surface area contributed by atoms with Crippen molar-refractivity contribution in [2.45, 2.75) is 31.7 Å². The molecule has 2 aliphatic rings. The Morgan fingerprint density at radius 3 is 2.52 bits per heavy atom. The van der Waals surface area contributed by atoms with Crippen molar-refractivity contribution in [3.63, 3.8) is 0 Å². The number of thioether (sulfide) groups is 1. The van der Waals surface area contributed by atoms with Crippen molar-refractivity contribution in [3.05, 3.63) is 70.6 Å². The quantitative estimate of drug-likeness (QED) is 0.728. The van der Waals surface area contributed by atoms with Gasteiger partial charge < -0.3 is 0 Å². The van der Waals surface area contributed by atoms with Gasteiger partial charge in [0.25, 0.3) is 0 Å². The Hall–Kier alpha value is -2.66. The maximum Gasteiger partial charge on any atom is 0.237 e. The molecule has 0 N–H and O–H groups in total. The molecule has 1 atom stereocenters. The Morgan fingerprint density at radius 1 is 1.04 bits per heavy atom. The zero-order valence-electron chi connectivity index (χ0n) is 15.3. The summed E-state index contributed by atoms with van der Waals surface area (Å²) in [6.07, 6.45) is 0.210. The molecule has 1 unspecified atom stereocenters. The number of amides is 2. The summed E-state index contributed by atoms with van der Waals surface area (Å²) in [6, 6.07) is 17.6. The molecule has 0 saturated carbocycles. The second-order valence-electron chi connectivity index (χ2n) is 6.80. The molecule has 0 spiro atoms. The highest BCUT2D eigenvalue weighted by Gasteiger charge is 2.42. The number of hydrogen-bond donors (Lipinski definition) is 0. The topological polar surface area (TPSA) is 49.7 Å². The van der Waals surface area contributed by atoms with E-state index >= 15 is 0 Å². The predicted molar refractivity (Wildman–Crippen MR) is 108 cm³/mol. The number of para-hydroxylation sites is 1. The number of imide groups is 1. The lowest BCUT2D eigenvalue weighted by Crippen LogP contribution is -2.31. The first-order valence-electron chi connectivity index (χ1n) is 8.96. The van der Waals surface area contributed by atoms with Gasteiger partial charge in [0.1, 0.15) is 0 Å². The van der Waals surface area contributed by atoms with E-state index in [0.717, 1.165) is 32.3 Å². The Morgan fingerprint density at radius 2 is 1.74 bits per heavy atom. The van der Waals surface area contributed by atoms with E-state index in [1.54, 1.807) is 11.8 Å². The van der Waals surface area contributed by atoms with Crippen molar-refractivity contribution in [3.8, 4) is 0 Å². The Balaban J connectivity index is 1.65. The summed E-state index contributed by atoms with van der Waals surface area (Å²) in [5, 5.41) is 0. The fourth-order valence-corrected chi connectivity index (χ4v) is 4.78. The van der Waals surface area contributed by atoms with Crippen LogP contribution in [0.2, 0.25) is 0 Å². The molecule has 0 radical (unpaired) electrons. The van der Waals surface area contributed by atoms with Crippen molar-refractivity contribution in [2.75, 3.05) is 0 Å². The molecule has 2 aromatic carbocycles. The smallest absolute Gasteiger partial charge is 0.237 e. The summed E-state index contributed by atoms with van der Waals surface area (Å²) in [7, 11) is 0. The third kappa shape index (κ3) is 3.35. The van der Waals surface area contributed by atoms with Gasteiger partial charge in [0.2, 0.25) is 11.8 Å². The minimum absolute atomic E-state index is 0.117. The predicted octanol–water partition coefficient (Wildman–Crippen LogP) is 4.73. The standard InChI is InChI=1S/C22H20N2O2S/c1-14-21(15(2)27-19-11-7-6-10-18(19)23-14)17-12-20(25)24(22(17)26)13-16-8-4-3-5-9-16/h3-11,17H,12-13H2,1-2H3. The molecule has 1 fully saturated rings. The molecule has 27 heavy (non-hydrogen) atoms. The van der Waals surface area contributed by atoms with Gasteiger partial charge in [-0.3, -0.25) is 19.5 Å². The normalized spacial score (nSPS) is 19.9. The van der Waals surface area contributed by atoms with E-state index in [2.05, 4.69) is 0 Å². The largest absolute Gasteiger partial charge is 0.278 e. The number of benzene rings is 2. The lowest BCUT2D eigenvalue weighted by molar-refractivity contribution is -0.139. The summed E-state index contributed by atoms with van der Waals surface area (Å²) in [5.74, 6) is -0.695.